The first-order chi connectivity index (χ1) is 12.5. The largest absolute Gasteiger partial charge is 0.384 e. The third-order valence-electron chi connectivity index (χ3n) is 3.56. The van der Waals surface area contributed by atoms with E-state index in [1.165, 1.54) is 0 Å². The van der Waals surface area contributed by atoms with Gasteiger partial charge in [-0.15, -0.1) is 12.4 Å². The number of rotatable bonds is 9. The van der Waals surface area contributed by atoms with Gasteiger partial charge in [0, 0.05) is 31.0 Å². The Bertz CT molecular complexity index is 752. The lowest BCUT2D eigenvalue weighted by Gasteiger charge is -2.08. The molecule has 0 aliphatic rings. The molecule has 0 fully saturated rings. The molecule has 2 amide bonds. The summed E-state index contributed by atoms with van der Waals surface area (Å²) in [5.41, 5.74) is 7.96. The summed E-state index contributed by atoms with van der Waals surface area (Å²) in [6.45, 7) is 0.927. The summed E-state index contributed by atoms with van der Waals surface area (Å²) < 4.78 is 0. The minimum absolute atomic E-state index is 0. The molecular weight excluding hydrogens is 368 g/mol. The van der Waals surface area contributed by atoms with E-state index in [2.05, 4.69) is 20.9 Å². The fraction of sp³-hybridized carbons (Fsp3) is 0.222. The molecule has 1 aromatic carbocycles. The van der Waals surface area contributed by atoms with Gasteiger partial charge in [-0.05, 0) is 23.3 Å². The van der Waals surface area contributed by atoms with Crippen molar-refractivity contribution in [3.05, 3.63) is 65.5 Å². The summed E-state index contributed by atoms with van der Waals surface area (Å²) in [5.74, 6) is -0.495. The van der Waals surface area contributed by atoms with Crippen LogP contribution in [0.1, 0.15) is 16.7 Å². The number of nitrogens with zero attached hydrogens (tertiary/aromatic N) is 1. The molecular formula is C18H23ClN6O2. The van der Waals surface area contributed by atoms with E-state index in [4.69, 9.17) is 11.1 Å². The Morgan fingerprint density at radius 1 is 0.889 bits per heavy atom. The average molecular weight is 391 g/mol. The van der Waals surface area contributed by atoms with E-state index < -0.39 is 0 Å². The zero-order valence-electron chi connectivity index (χ0n) is 14.7. The lowest BCUT2D eigenvalue weighted by atomic mass is 10.1. The molecule has 1 aromatic heterocycles. The van der Waals surface area contributed by atoms with E-state index in [-0.39, 0.29) is 43.1 Å². The number of amidine groups is 1. The minimum Gasteiger partial charge on any atom is -0.384 e. The minimum atomic E-state index is -0.260. The predicted octanol–water partition coefficient (Wildman–Crippen LogP) is 0.310. The number of amides is 2. The molecule has 0 radical (unpaired) electrons. The summed E-state index contributed by atoms with van der Waals surface area (Å²) in [6, 6.07) is 10.8. The summed E-state index contributed by atoms with van der Waals surface area (Å²) in [6.07, 6.45) is 3.31. The van der Waals surface area contributed by atoms with Crippen molar-refractivity contribution in [2.45, 2.75) is 13.1 Å². The highest BCUT2D eigenvalue weighted by molar-refractivity contribution is 5.94. The van der Waals surface area contributed by atoms with Crippen molar-refractivity contribution in [1.29, 1.82) is 5.41 Å². The van der Waals surface area contributed by atoms with Crippen molar-refractivity contribution in [2.24, 2.45) is 5.73 Å². The molecule has 0 saturated carbocycles. The Kier molecular flexibility index (Phi) is 9.49. The number of halogens is 1. The number of carbonyl (C=O) groups excluding carboxylic acids is 2. The molecule has 2 rings (SSSR count). The number of carbonyl (C=O) groups is 2. The maximum atomic E-state index is 11.7. The summed E-state index contributed by atoms with van der Waals surface area (Å²) in [4.78, 5) is 27.4. The van der Waals surface area contributed by atoms with Crippen molar-refractivity contribution in [1.82, 2.24) is 20.9 Å². The number of nitrogens with two attached hydrogens (primary N) is 1. The monoisotopic (exact) mass is 390 g/mol. The van der Waals surface area contributed by atoms with Gasteiger partial charge in [-0.2, -0.15) is 0 Å². The first-order valence-corrected chi connectivity index (χ1v) is 8.11. The second kappa shape index (κ2) is 11.6. The van der Waals surface area contributed by atoms with Gasteiger partial charge in [0.25, 0.3) is 0 Å². The fourth-order valence-corrected chi connectivity index (χ4v) is 2.13. The molecule has 0 aliphatic carbocycles. The van der Waals surface area contributed by atoms with Crippen molar-refractivity contribution in [3.8, 4) is 0 Å². The van der Waals surface area contributed by atoms with E-state index >= 15 is 0 Å². The van der Waals surface area contributed by atoms with Crippen molar-refractivity contribution >= 4 is 30.1 Å². The van der Waals surface area contributed by atoms with Gasteiger partial charge in [0.1, 0.15) is 5.84 Å². The Balaban J connectivity index is 0.00000364. The first-order valence-electron chi connectivity index (χ1n) is 8.11. The van der Waals surface area contributed by atoms with Crippen molar-refractivity contribution in [2.75, 3.05) is 13.1 Å². The van der Waals surface area contributed by atoms with Crippen LogP contribution in [0.15, 0.2) is 48.8 Å². The Labute approximate surface area is 163 Å². The van der Waals surface area contributed by atoms with Gasteiger partial charge in [0.2, 0.25) is 11.8 Å². The van der Waals surface area contributed by atoms with Gasteiger partial charge in [-0.1, -0.05) is 24.3 Å². The molecule has 0 atom stereocenters. The molecule has 0 unspecified atom stereocenters. The zero-order chi connectivity index (χ0) is 18.8. The number of nitrogens with one attached hydrogen (secondary N) is 4. The van der Waals surface area contributed by atoms with Crippen LogP contribution in [0.2, 0.25) is 0 Å². The maximum Gasteiger partial charge on any atom is 0.239 e. The van der Waals surface area contributed by atoms with Crippen molar-refractivity contribution < 1.29 is 9.59 Å². The molecule has 0 saturated heterocycles. The van der Waals surface area contributed by atoms with Gasteiger partial charge in [0.15, 0.2) is 0 Å². The van der Waals surface area contributed by atoms with E-state index in [1.54, 1.807) is 24.5 Å². The van der Waals surface area contributed by atoms with E-state index in [1.807, 2.05) is 24.3 Å². The lowest BCUT2D eigenvalue weighted by Crippen LogP contribution is -2.40. The third kappa shape index (κ3) is 8.30. The molecule has 0 spiro atoms. The second-order valence-corrected chi connectivity index (χ2v) is 5.62. The number of nitrogen functional groups attached to an aromatic ring is 1. The quantitative estimate of drug-likeness (QED) is 0.310. The summed E-state index contributed by atoms with van der Waals surface area (Å²) >= 11 is 0. The maximum absolute atomic E-state index is 11.7. The van der Waals surface area contributed by atoms with Crippen LogP contribution in [-0.2, 0) is 22.7 Å². The molecule has 9 heteroatoms. The molecule has 0 bridgehead atoms. The first kappa shape index (κ1) is 22.1. The van der Waals surface area contributed by atoms with Gasteiger partial charge < -0.3 is 21.7 Å². The Morgan fingerprint density at radius 2 is 1.48 bits per heavy atom. The fourth-order valence-electron chi connectivity index (χ4n) is 2.13. The van der Waals surface area contributed by atoms with E-state index in [0.29, 0.717) is 18.7 Å². The highest BCUT2D eigenvalue weighted by Crippen LogP contribution is 2.03. The number of hydrogen-bond donors (Lipinski definition) is 5. The van der Waals surface area contributed by atoms with Crippen LogP contribution >= 0.6 is 12.4 Å². The van der Waals surface area contributed by atoms with Crippen LogP contribution in [0.3, 0.4) is 0 Å². The Morgan fingerprint density at radius 3 is 2.11 bits per heavy atom. The van der Waals surface area contributed by atoms with Crippen LogP contribution in [0.25, 0.3) is 0 Å². The Hall–Kier alpha value is -2.97. The second-order valence-electron chi connectivity index (χ2n) is 5.62. The number of hydrogen-bond acceptors (Lipinski definition) is 5. The molecule has 1 heterocycles. The van der Waals surface area contributed by atoms with Gasteiger partial charge in [-0.3, -0.25) is 20.0 Å². The zero-order valence-corrected chi connectivity index (χ0v) is 15.5. The summed E-state index contributed by atoms with van der Waals surface area (Å²) in [5, 5.41) is 15.6. The van der Waals surface area contributed by atoms with Gasteiger partial charge in [0.05, 0.1) is 13.1 Å². The topological polar surface area (TPSA) is 133 Å². The van der Waals surface area contributed by atoms with Crippen LogP contribution in [0.4, 0.5) is 0 Å². The number of aromatic nitrogens is 1. The normalized spacial score (nSPS) is 9.78. The standard InChI is InChI=1S/C18H22N6O2.ClH/c19-18(20)15-3-1-13(2-4-15)9-22-11-16(25)24-12-17(26)23-10-14-5-7-21-8-6-14;/h1-8,22H,9-12H2,(H3,19,20)(H,23,26)(H,24,25);1H. The molecule has 27 heavy (non-hydrogen) atoms. The highest BCUT2D eigenvalue weighted by atomic mass is 35.5. The molecule has 6 N–H and O–H groups in total. The average Bonchev–Trinajstić information content (AvgIpc) is 2.66. The highest BCUT2D eigenvalue weighted by Gasteiger charge is 2.05. The van der Waals surface area contributed by atoms with Crippen LogP contribution in [0, 0.1) is 5.41 Å². The molecule has 8 nitrogen and oxygen atoms in total. The molecule has 2 aromatic rings. The van der Waals surface area contributed by atoms with Crippen LogP contribution < -0.4 is 21.7 Å². The molecule has 144 valence electrons. The molecule has 0 aliphatic heterocycles. The summed E-state index contributed by atoms with van der Waals surface area (Å²) in [7, 11) is 0. The predicted molar refractivity (Wildman–Crippen MR) is 106 cm³/mol. The van der Waals surface area contributed by atoms with Gasteiger partial charge in [-0.25, -0.2) is 0 Å². The smallest absolute Gasteiger partial charge is 0.239 e. The van der Waals surface area contributed by atoms with Crippen LogP contribution in [0.5, 0.6) is 0 Å². The van der Waals surface area contributed by atoms with E-state index in [0.717, 1.165) is 11.1 Å². The van der Waals surface area contributed by atoms with Crippen molar-refractivity contribution in [3.63, 3.8) is 0 Å². The van der Waals surface area contributed by atoms with E-state index in [9.17, 15) is 9.59 Å². The van der Waals surface area contributed by atoms with Gasteiger partial charge >= 0.3 is 0 Å². The third-order valence-corrected chi connectivity index (χ3v) is 3.56. The SMILES string of the molecule is Cl.N=C(N)c1ccc(CNCC(=O)NCC(=O)NCc2ccncc2)cc1. The van der Waals surface area contributed by atoms with Crippen LogP contribution in [-0.4, -0.2) is 35.7 Å². The number of pyridine rings is 1. The number of benzene rings is 1. The lowest BCUT2D eigenvalue weighted by molar-refractivity contribution is -0.125.